The van der Waals surface area contributed by atoms with E-state index in [1.54, 1.807) is 0 Å². The zero-order valence-corrected chi connectivity index (χ0v) is 10.7. The topological polar surface area (TPSA) is 68.5 Å². The number of rotatable bonds is 2. The van der Waals surface area contributed by atoms with Crippen molar-refractivity contribution in [1.82, 2.24) is 4.57 Å². The highest BCUT2D eigenvalue weighted by Gasteiger charge is 2.32. The number of aromatic nitrogens is 1. The Morgan fingerprint density at radius 2 is 1.73 bits per heavy atom. The number of nitrogens with zero attached hydrogens (tertiary/aromatic N) is 1. The maximum absolute atomic E-state index is 14.0. The molecule has 0 amide bonds. The Bertz CT molecular complexity index is 873. The molecule has 22 heavy (non-hydrogen) atoms. The summed E-state index contributed by atoms with van der Waals surface area (Å²) < 4.78 is 59.8. The number of hydrogen-bond acceptors (Lipinski definition) is 3. The van der Waals surface area contributed by atoms with Crippen molar-refractivity contribution in [2.45, 2.75) is 18.9 Å². The molecule has 0 radical (unpaired) electrons. The summed E-state index contributed by atoms with van der Waals surface area (Å²) in [4.78, 5) is 22.6. The predicted molar refractivity (Wildman–Crippen MR) is 65.0 cm³/mol. The molecule has 1 fully saturated rings. The van der Waals surface area contributed by atoms with Gasteiger partial charge in [-0.1, -0.05) is 0 Å². The van der Waals surface area contributed by atoms with Crippen molar-refractivity contribution < 1.29 is 32.2 Å². The summed E-state index contributed by atoms with van der Waals surface area (Å²) >= 11 is 0. The van der Waals surface area contributed by atoms with Crippen LogP contribution in [0.2, 0.25) is 0 Å². The molecule has 2 aromatic rings. The van der Waals surface area contributed by atoms with Crippen LogP contribution in [0.25, 0.3) is 10.9 Å². The van der Waals surface area contributed by atoms with E-state index in [0.29, 0.717) is 12.8 Å². The summed E-state index contributed by atoms with van der Waals surface area (Å²) in [7, 11) is 0. The van der Waals surface area contributed by atoms with Gasteiger partial charge in [-0.25, -0.2) is 22.4 Å². The second kappa shape index (κ2) is 4.72. The summed E-state index contributed by atoms with van der Waals surface area (Å²) in [5.74, 6) is -8.58. The summed E-state index contributed by atoms with van der Waals surface area (Å²) in [6, 6.07) is -0.377. The molecule has 1 aromatic heterocycles. The van der Waals surface area contributed by atoms with Crippen LogP contribution in [0.4, 0.5) is 22.4 Å². The Morgan fingerprint density at radius 3 is 2.27 bits per heavy atom. The lowest BCUT2D eigenvalue weighted by Crippen LogP contribution is -2.19. The summed E-state index contributed by atoms with van der Waals surface area (Å²) in [5, 5.41) is 7.48. The van der Waals surface area contributed by atoms with E-state index in [1.807, 2.05) is 0 Å². The second-order valence-electron chi connectivity index (χ2n) is 4.81. The standard InChI is InChI=1S/C13H7F4NO4/c14-7-6-11(10(17)9(16)8(7)15)18(4-1-2-4)3-5(12(6)19)22-13(20)21/h3-4H,1-2H2,(H,20,21). The molecule has 3 rings (SSSR count). The van der Waals surface area contributed by atoms with E-state index < -0.39 is 51.5 Å². The van der Waals surface area contributed by atoms with Gasteiger partial charge in [0.25, 0.3) is 0 Å². The minimum Gasteiger partial charge on any atom is -0.449 e. The second-order valence-corrected chi connectivity index (χ2v) is 4.81. The van der Waals surface area contributed by atoms with Gasteiger partial charge in [-0.05, 0) is 12.8 Å². The molecule has 1 aliphatic carbocycles. The van der Waals surface area contributed by atoms with Crippen molar-refractivity contribution in [2.75, 3.05) is 0 Å². The minimum atomic E-state index is -2.14. The van der Waals surface area contributed by atoms with Crippen LogP contribution in [0.3, 0.4) is 0 Å². The molecule has 1 N–H and O–H groups in total. The molecule has 0 bridgehead atoms. The van der Waals surface area contributed by atoms with Gasteiger partial charge in [-0.15, -0.1) is 0 Å². The molecule has 0 atom stereocenters. The Hall–Kier alpha value is -2.58. The van der Waals surface area contributed by atoms with Crippen LogP contribution < -0.4 is 10.2 Å². The molecule has 0 aliphatic heterocycles. The average Bonchev–Trinajstić information content (AvgIpc) is 3.28. The number of ether oxygens (including phenoxy) is 1. The molecule has 5 nitrogen and oxygen atoms in total. The van der Waals surface area contributed by atoms with E-state index in [0.717, 1.165) is 10.8 Å². The van der Waals surface area contributed by atoms with Crippen molar-refractivity contribution in [3.05, 3.63) is 39.7 Å². The third kappa shape index (κ3) is 2.00. The van der Waals surface area contributed by atoms with Crippen LogP contribution in [0.15, 0.2) is 11.0 Å². The number of halogens is 4. The SMILES string of the molecule is O=C(O)Oc1cn(C2CC2)c2c(F)c(F)c(F)c(F)c2c1=O. The lowest BCUT2D eigenvalue weighted by molar-refractivity contribution is 0.143. The molecule has 116 valence electrons. The van der Waals surface area contributed by atoms with Gasteiger partial charge in [0, 0.05) is 6.04 Å². The number of benzene rings is 1. The van der Waals surface area contributed by atoms with Gasteiger partial charge in [0.1, 0.15) is 0 Å². The lowest BCUT2D eigenvalue weighted by atomic mass is 10.1. The van der Waals surface area contributed by atoms with Crippen LogP contribution in [-0.4, -0.2) is 15.8 Å². The van der Waals surface area contributed by atoms with Gasteiger partial charge in [-0.2, -0.15) is 0 Å². The molecule has 1 aliphatic rings. The van der Waals surface area contributed by atoms with E-state index in [2.05, 4.69) is 4.74 Å². The molecular weight excluding hydrogens is 310 g/mol. The van der Waals surface area contributed by atoms with Crippen molar-refractivity contribution in [2.24, 2.45) is 0 Å². The zero-order valence-electron chi connectivity index (χ0n) is 10.7. The van der Waals surface area contributed by atoms with Gasteiger partial charge in [0.05, 0.1) is 17.1 Å². The third-order valence-corrected chi connectivity index (χ3v) is 3.35. The zero-order chi connectivity index (χ0) is 16.2. The van der Waals surface area contributed by atoms with E-state index in [9.17, 15) is 27.2 Å². The quantitative estimate of drug-likeness (QED) is 0.400. The fourth-order valence-corrected chi connectivity index (χ4v) is 2.25. The Kier molecular flexibility index (Phi) is 3.08. The normalized spacial score (nSPS) is 14.4. The van der Waals surface area contributed by atoms with Gasteiger partial charge in [-0.3, -0.25) is 4.79 Å². The van der Waals surface area contributed by atoms with Crippen molar-refractivity contribution in [1.29, 1.82) is 0 Å². The lowest BCUT2D eigenvalue weighted by Gasteiger charge is -2.14. The van der Waals surface area contributed by atoms with Crippen LogP contribution in [0.1, 0.15) is 18.9 Å². The monoisotopic (exact) mass is 317 g/mol. The van der Waals surface area contributed by atoms with Crippen LogP contribution in [0, 0.1) is 23.3 Å². The highest BCUT2D eigenvalue weighted by Crippen LogP contribution is 2.39. The molecular formula is C13H7F4NO4. The molecule has 0 unspecified atom stereocenters. The average molecular weight is 317 g/mol. The Balaban J connectivity index is 2.48. The number of carbonyl (C=O) groups is 1. The molecule has 0 spiro atoms. The molecule has 1 aromatic carbocycles. The first-order valence-electron chi connectivity index (χ1n) is 6.14. The van der Waals surface area contributed by atoms with Crippen molar-refractivity contribution >= 4 is 17.1 Å². The fraction of sp³-hybridized carbons (Fsp3) is 0.231. The maximum Gasteiger partial charge on any atom is 0.511 e. The number of carboxylic acid groups (broad SMARTS) is 1. The van der Waals surface area contributed by atoms with E-state index in [1.165, 1.54) is 0 Å². The Labute approximate surface area is 119 Å². The van der Waals surface area contributed by atoms with Gasteiger partial charge in [0.15, 0.2) is 29.0 Å². The first kappa shape index (κ1) is 14.4. The maximum atomic E-state index is 14.0. The van der Waals surface area contributed by atoms with Crippen LogP contribution in [-0.2, 0) is 0 Å². The third-order valence-electron chi connectivity index (χ3n) is 3.35. The van der Waals surface area contributed by atoms with E-state index >= 15 is 0 Å². The van der Waals surface area contributed by atoms with Gasteiger partial charge in [0.2, 0.25) is 5.43 Å². The van der Waals surface area contributed by atoms with E-state index in [4.69, 9.17) is 5.11 Å². The highest BCUT2D eigenvalue weighted by atomic mass is 19.2. The van der Waals surface area contributed by atoms with Crippen LogP contribution in [0.5, 0.6) is 5.75 Å². The summed E-state index contributed by atoms with van der Waals surface area (Å²) in [5.41, 5.74) is -2.12. The molecule has 1 heterocycles. The summed E-state index contributed by atoms with van der Waals surface area (Å²) in [6.07, 6.45) is 0.0769. The first-order chi connectivity index (χ1) is 10.3. The summed E-state index contributed by atoms with van der Waals surface area (Å²) in [6.45, 7) is 0. The fourth-order valence-electron chi connectivity index (χ4n) is 2.25. The van der Waals surface area contributed by atoms with Crippen molar-refractivity contribution in [3.63, 3.8) is 0 Å². The first-order valence-corrected chi connectivity index (χ1v) is 6.14. The highest BCUT2D eigenvalue weighted by molar-refractivity contribution is 5.82. The molecule has 9 heteroatoms. The molecule has 1 saturated carbocycles. The number of pyridine rings is 1. The molecule has 0 saturated heterocycles. The largest absolute Gasteiger partial charge is 0.511 e. The van der Waals surface area contributed by atoms with E-state index in [-0.39, 0.29) is 6.04 Å². The predicted octanol–water partition coefficient (Wildman–Crippen LogP) is 2.95. The minimum absolute atomic E-state index is 0.377. The van der Waals surface area contributed by atoms with Crippen molar-refractivity contribution in [3.8, 4) is 5.75 Å². The number of hydrogen-bond donors (Lipinski definition) is 1. The van der Waals surface area contributed by atoms with Gasteiger partial charge >= 0.3 is 6.16 Å². The smallest absolute Gasteiger partial charge is 0.449 e. The van der Waals surface area contributed by atoms with Crippen LogP contribution >= 0.6 is 0 Å². The Morgan fingerprint density at radius 1 is 1.14 bits per heavy atom. The number of fused-ring (bicyclic) bond motifs is 1. The van der Waals surface area contributed by atoms with Gasteiger partial charge < -0.3 is 14.4 Å².